The van der Waals surface area contributed by atoms with E-state index in [0.29, 0.717) is 23.7 Å². The van der Waals surface area contributed by atoms with Gasteiger partial charge in [-0.15, -0.1) is 0 Å². The van der Waals surface area contributed by atoms with Crippen molar-refractivity contribution < 1.29 is 28.5 Å². The van der Waals surface area contributed by atoms with Gasteiger partial charge in [0, 0.05) is 6.42 Å². The molecule has 0 saturated carbocycles. The number of methoxy groups -OCH3 is 4. The minimum absolute atomic E-state index is 0.114. The maximum absolute atomic E-state index is 13.2. The third-order valence-electron chi connectivity index (χ3n) is 6.13. The third kappa shape index (κ3) is 3.95. The van der Waals surface area contributed by atoms with Gasteiger partial charge in [-0.2, -0.15) is 0 Å². The standard InChI is InChI=1S/C26H27NO6/c1-30-21-14-17(15-22(31-2)25(21)32-3)24(27-20(26(29)33-4)12-13-23(27)28)19-11-7-9-16-8-5-6-10-18(16)19/h5-11,14-15,20,24H,12-13H2,1-4H3/t20-,24-/m0/s1. The first-order chi connectivity index (χ1) is 16.0. The van der Waals surface area contributed by atoms with E-state index < -0.39 is 18.1 Å². The Hall–Kier alpha value is -3.74. The molecule has 0 bridgehead atoms. The lowest BCUT2D eigenvalue weighted by Gasteiger charge is -2.34. The summed E-state index contributed by atoms with van der Waals surface area (Å²) in [5.74, 6) is 0.852. The molecular formula is C26H27NO6. The van der Waals surface area contributed by atoms with Gasteiger partial charge in [-0.1, -0.05) is 42.5 Å². The fraction of sp³-hybridized carbons (Fsp3) is 0.308. The van der Waals surface area contributed by atoms with E-state index in [1.54, 1.807) is 26.2 Å². The molecule has 0 spiro atoms. The number of carbonyl (C=O) groups excluding carboxylic acids is 2. The third-order valence-corrected chi connectivity index (χ3v) is 6.13. The van der Waals surface area contributed by atoms with Crippen LogP contribution in [0, 0.1) is 0 Å². The zero-order valence-corrected chi connectivity index (χ0v) is 19.2. The molecule has 1 saturated heterocycles. The summed E-state index contributed by atoms with van der Waals surface area (Å²) in [6.45, 7) is 0. The highest BCUT2D eigenvalue weighted by Gasteiger charge is 2.43. The largest absolute Gasteiger partial charge is 0.493 e. The molecular weight excluding hydrogens is 422 g/mol. The van der Waals surface area contributed by atoms with Crippen LogP contribution in [-0.2, 0) is 14.3 Å². The Morgan fingerprint density at radius 1 is 0.939 bits per heavy atom. The Bertz CT molecular complexity index is 1160. The van der Waals surface area contributed by atoms with E-state index >= 15 is 0 Å². The van der Waals surface area contributed by atoms with Crippen molar-refractivity contribution >= 4 is 22.6 Å². The van der Waals surface area contributed by atoms with Crippen molar-refractivity contribution in [1.82, 2.24) is 4.90 Å². The molecule has 172 valence electrons. The van der Waals surface area contributed by atoms with Gasteiger partial charge in [0.2, 0.25) is 11.7 Å². The lowest BCUT2D eigenvalue weighted by Crippen LogP contribution is -2.42. The Morgan fingerprint density at radius 3 is 2.24 bits per heavy atom. The maximum Gasteiger partial charge on any atom is 0.328 e. The molecule has 3 aromatic rings. The number of esters is 1. The number of carbonyl (C=O) groups is 2. The topological polar surface area (TPSA) is 74.3 Å². The van der Waals surface area contributed by atoms with Crippen molar-refractivity contribution in [3.05, 3.63) is 65.7 Å². The molecule has 3 aromatic carbocycles. The van der Waals surface area contributed by atoms with E-state index in [4.69, 9.17) is 18.9 Å². The fourth-order valence-corrected chi connectivity index (χ4v) is 4.63. The minimum atomic E-state index is -0.689. The lowest BCUT2D eigenvalue weighted by atomic mass is 9.91. The second-order valence-corrected chi connectivity index (χ2v) is 7.81. The highest BCUT2D eigenvalue weighted by atomic mass is 16.5. The molecule has 0 aromatic heterocycles. The van der Waals surface area contributed by atoms with Crippen LogP contribution in [-0.4, -0.2) is 51.3 Å². The number of hydrogen-bond acceptors (Lipinski definition) is 6. The monoisotopic (exact) mass is 449 g/mol. The van der Waals surface area contributed by atoms with E-state index in [-0.39, 0.29) is 12.3 Å². The molecule has 7 heteroatoms. The molecule has 1 fully saturated rings. The Kier molecular flexibility index (Phi) is 6.40. The average Bonchev–Trinajstić information content (AvgIpc) is 3.24. The van der Waals surface area contributed by atoms with Crippen LogP contribution in [0.1, 0.15) is 30.0 Å². The summed E-state index contributed by atoms with van der Waals surface area (Å²) >= 11 is 0. The Labute approximate surface area is 192 Å². The van der Waals surface area contributed by atoms with Gasteiger partial charge in [0.25, 0.3) is 0 Å². The quantitative estimate of drug-likeness (QED) is 0.505. The summed E-state index contributed by atoms with van der Waals surface area (Å²) in [4.78, 5) is 27.5. The van der Waals surface area contributed by atoms with Crippen LogP contribution in [0.3, 0.4) is 0 Å². The molecule has 1 heterocycles. The van der Waals surface area contributed by atoms with E-state index in [2.05, 4.69) is 0 Å². The van der Waals surface area contributed by atoms with Crippen LogP contribution in [0.5, 0.6) is 17.2 Å². The molecule has 1 aliphatic rings. The highest BCUT2D eigenvalue weighted by molar-refractivity contribution is 5.91. The van der Waals surface area contributed by atoms with E-state index in [1.165, 1.54) is 7.11 Å². The first kappa shape index (κ1) is 22.5. The molecule has 4 rings (SSSR count). The lowest BCUT2D eigenvalue weighted by molar-refractivity contribution is -0.150. The van der Waals surface area contributed by atoms with Crippen molar-refractivity contribution in [3.8, 4) is 17.2 Å². The first-order valence-electron chi connectivity index (χ1n) is 10.7. The zero-order chi connectivity index (χ0) is 23.5. The van der Waals surface area contributed by atoms with E-state index in [1.807, 2.05) is 54.6 Å². The normalized spacial score (nSPS) is 16.5. The zero-order valence-electron chi connectivity index (χ0n) is 19.2. The van der Waals surface area contributed by atoms with Gasteiger partial charge < -0.3 is 23.8 Å². The number of benzene rings is 3. The number of likely N-dealkylation sites (tertiary alicyclic amines) is 1. The number of ether oxygens (including phenoxy) is 4. The molecule has 1 aliphatic heterocycles. The van der Waals surface area contributed by atoms with Gasteiger partial charge in [0.05, 0.1) is 34.5 Å². The molecule has 0 aliphatic carbocycles. The highest BCUT2D eigenvalue weighted by Crippen LogP contribution is 2.45. The minimum Gasteiger partial charge on any atom is -0.493 e. The smallest absolute Gasteiger partial charge is 0.328 e. The van der Waals surface area contributed by atoms with E-state index in [9.17, 15) is 9.59 Å². The first-order valence-corrected chi connectivity index (χ1v) is 10.7. The maximum atomic E-state index is 13.2. The summed E-state index contributed by atoms with van der Waals surface area (Å²) in [5, 5.41) is 2.02. The van der Waals surface area contributed by atoms with Crippen LogP contribution in [0.2, 0.25) is 0 Å². The van der Waals surface area contributed by atoms with Gasteiger partial charge in [-0.25, -0.2) is 4.79 Å². The van der Waals surface area contributed by atoms with Crippen LogP contribution >= 0.6 is 0 Å². The number of nitrogens with zero attached hydrogens (tertiary/aromatic N) is 1. The molecule has 0 unspecified atom stereocenters. The SMILES string of the molecule is COC(=O)[C@@H]1CCC(=O)N1[C@@H](c1cc(OC)c(OC)c(OC)c1)c1cccc2ccccc12. The molecule has 2 atom stereocenters. The molecule has 0 radical (unpaired) electrons. The summed E-state index contributed by atoms with van der Waals surface area (Å²) < 4.78 is 21.7. The van der Waals surface area contributed by atoms with E-state index in [0.717, 1.165) is 21.9 Å². The second-order valence-electron chi connectivity index (χ2n) is 7.81. The average molecular weight is 450 g/mol. The Balaban J connectivity index is 2.00. The number of fused-ring (bicyclic) bond motifs is 1. The molecule has 0 N–H and O–H groups in total. The fourth-order valence-electron chi connectivity index (χ4n) is 4.63. The van der Waals surface area contributed by atoms with Gasteiger partial charge in [-0.05, 0) is 40.5 Å². The van der Waals surface area contributed by atoms with Crippen molar-refractivity contribution in [3.63, 3.8) is 0 Å². The Morgan fingerprint density at radius 2 is 1.61 bits per heavy atom. The summed E-state index contributed by atoms with van der Waals surface area (Å²) in [5.41, 5.74) is 1.64. The summed E-state index contributed by atoms with van der Waals surface area (Å²) in [6, 6.07) is 16.3. The van der Waals surface area contributed by atoms with Gasteiger partial charge in [0.15, 0.2) is 11.5 Å². The van der Waals surface area contributed by atoms with Crippen molar-refractivity contribution in [2.24, 2.45) is 0 Å². The number of hydrogen-bond donors (Lipinski definition) is 0. The molecule has 1 amide bonds. The van der Waals surface area contributed by atoms with Crippen LogP contribution in [0.15, 0.2) is 54.6 Å². The second kappa shape index (κ2) is 9.40. The van der Waals surface area contributed by atoms with Crippen molar-refractivity contribution in [2.45, 2.75) is 24.9 Å². The van der Waals surface area contributed by atoms with Crippen molar-refractivity contribution in [1.29, 1.82) is 0 Å². The van der Waals surface area contributed by atoms with Gasteiger partial charge in [0.1, 0.15) is 6.04 Å². The van der Waals surface area contributed by atoms with Crippen molar-refractivity contribution in [2.75, 3.05) is 28.4 Å². The van der Waals surface area contributed by atoms with Crippen LogP contribution in [0.4, 0.5) is 0 Å². The number of amides is 1. The predicted molar refractivity (Wildman–Crippen MR) is 124 cm³/mol. The van der Waals surface area contributed by atoms with Crippen LogP contribution in [0.25, 0.3) is 10.8 Å². The summed E-state index contributed by atoms with van der Waals surface area (Å²) in [6.07, 6.45) is 0.669. The van der Waals surface area contributed by atoms with Crippen LogP contribution < -0.4 is 14.2 Å². The number of rotatable bonds is 7. The van der Waals surface area contributed by atoms with Gasteiger partial charge in [-0.3, -0.25) is 4.79 Å². The predicted octanol–water partition coefficient (Wildman–Crippen LogP) is 4.12. The molecule has 7 nitrogen and oxygen atoms in total. The summed E-state index contributed by atoms with van der Waals surface area (Å²) in [7, 11) is 5.98. The molecule has 33 heavy (non-hydrogen) atoms. The van der Waals surface area contributed by atoms with Gasteiger partial charge >= 0.3 is 5.97 Å².